The van der Waals surface area contributed by atoms with E-state index in [4.69, 9.17) is 15.2 Å². The minimum atomic E-state index is -0.370. The first-order chi connectivity index (χ1) is 9.02. The zero-order valence-corrected chi connectivity index (χ0v) is 11.7. The summed E-state index contributed by atoms with van der Waals surface area (Å²) >= 11 is 0. The third-order valence-corrected chi connectivity index (χ3v) is 2.59. The average molecular weight is 266 g/mol. The van der Waals surface area contributed by atoms with E-state index in [1.54, 1.807) is 13.2 Å². The first-order valence-electron chi connectivity index (χ1n) is 6.35. The fraction of sp³-hybridized carbons (Fsp3) is 0.500. The number of hydrogen-bond donors (Lipinski definition) is 2. The van der Waals surface area contributed by atoms with Crippen LogP contribution < -0.4 is 20.5 Å². The maximum atomic E-state index is 11.3. The molecular formula is C14H22N2O3. The van der Waals surface area contributed by atoms with Crippen molar-refractivity contribution in [3.8, 4) is 11.5 Å². The van der Waals surface area contributed by atoms with Crippen LogP contribution in [0.3, 0.4) is 0 Å². The topological polar surface area (TPSA) is 73.6 Å². The lowest BCUT2D eigenvalue weighted by Gasteiger charge is -2.18. The van der Waals surface area contributed by atoms with Gasteiger partial charge in [0, 0.05) is 18.5 Å². The second kappa shape index (κ2) is 7.63. The molecule has 0 saturated carbocycles. The highest BCUT2D eigenvalue weighted by molar-refractivity contribution is 5.79. The Morgan fingerprint density at radius 2 is 2.05 bits per heavy atom. The third-order valence-electron chi connectivity index (χ3n) is 2.59. The molecule has 1 aromatic rings. The fourth-order valence-electron chi connectivity index (χ4n) is 1.70. The van der Waals surface area contributed by atoms with E-state index in [-0.39, 0.29) is 18.0 Å². The van der Waals surface area contributed by atoms with Gasteiger partial charge in [0.2, 0.25) is 5.91 Å². The van der Waals surface area contributed by atoms with Crippen LogP contribution in [0.4, 0.5) is 0 Å². The molecule has 0 heterocycles. The van der Waals surface area contributed by atoms with Crippen LogP contribution in [0.5, 0.6) is 11.5 Å². The Morgan fingerprint density at radius 3 is 2.63 bits per heavy atom. The first-order valence-corrected chi connectivity index (χ1v) is 6.35. The van der Waals surface area contributed by atoms with Crippen molar-refractivity contribution < 1.29 is 14.3 Å². The molecule has 0 fully saturated rings. The number of amides is 1. The highest BCUT2D eigenvalue weighted by Gasteiger charge is 2.15. The number of ether oxygens (including phenoxy) is 2. The molecule has 0 radical (unpaired) electrons. The number of primary amides is 1. The summed E-state index contributed by atoms with van der Waals surface area (Å²) in [6.07, 6.45) is 0.532. The Balaban J connectivity index is 2.44. The van der Waals surface area contributed by atoms with Gasteiger partial charge in [-0.05, 0) is 12.1 Å². The van der Waals surface area contributed by atoms with Crippen LogP contribution in [0, 0.1) is 0 Å². The Kier molecular flexibility index (Phi) is 6.15. The molecule has 1 atom stereocenters. The van der Waals surface area contributed by atoms with E-state index in [0.717, 1.165) is 5.75 Å². The van der Waals surface area contributed by atoms with Crippen molar-refractivity contribution in [2.45, 2.75) is 32.4 Å². The first kappa shape index (κ1) is 15.3. The fourth-order valence-corrected chi connectivity index (χ4v) is 1.70. The maximum absolute atomic E-state index is 11.3. The van der Waals surface area contributed by atoms with Crippen molar-refractivity contribution >= 4 is 5.91 Å². The summed E-state index contributed by atoms with van der Waals surface area (Å²) in [5.41, 5.74) is 5.33. The number of rotatable bonds is 8. The Bertz CT molecular complexity index is 407. The van der Waals surface area contributed by atoms with Gasteiger partial charge in [0.1, 0.15) is 11.5 Å². The average Bonchev–Trinajstić information content (AvgIpc) is 2.37. The van der Waals surface area contributed by atoms with E-state index in [0.29, 0.717) is 18.8 Å². The molecule has 0 aromatic heterocycles. The van der Waals surface area contributed by atoms with Crippen molar-refractivity contribution in [2.75, 3.05) is 13.7 Å². The van der Waals surface area contributed by atoms with E-state index >= 15 is 0 Å². The summed E-state index contributed by atoms with van der Waals surface area (Å²) in [6, 6.07) is 7.18. The van der Waals surface area contributed by atoms with Crippen molar-refractivity contribution in [1.82, 2.24) is 5.32 Å². The van der Waals surface area contributed by atoms with Gasteiger partial charge in [-0.25, -0.2) is 0 Å². The quantitative estimate of drug-likeness (QED) is 0.744. The second-order valence-corrected chi connectivity index (χ2v) is 4.59. The highest BCUT2D eigenvalue weighted by atomic mass is 16.5. The van der Waals surface area contributed by atoms with Crippen LogP contribution >= 0.6 is 0 Å². The predicted molar refractivity (Wildman–Crippen MR) is 74.4 cm³/mol. The Labute approximate surface area is 114 Å². The van der Waals surface area contributed by atoms with Crippen molar-refractivity contribution in [3.05, 3.63) is 24.3 Å². The Hall–Kier alpha value is -1.75. The molecule has 1 amide bonds. The molecule has 1 rings (SSSR count). The van der Waals surface area contributed by atoms with Crippen LogP contribution in [0.1, 0.15) is 20.3 Å². The molecule has 3 N–H and O–H groups in total. The van der Waals surface area contributed by atoms with E-state index in [1.807, 2.05) is 32.0 Å². The monoisotopic (exact) mass is 266 g/mol. The normalized spacial score (nSPS) is 12.2. The largest absolute Gasteiger partial charge is 0.497 e. The molecule has 0 saturated heterocycles. The predicted octanol–water partition coefficient (Wildman–Crippen LogP) is 1.32. The van der Waals surface area contributed by atoms with Gasteiger partial charge in [-0.15, -0.1) is 0 Å². The number of methoxy groups -OCH3 is 1. The van der Waals surface area contributed by atoms with E-state index in [2.05, 4.69) is 5.32 Å². The lowest BCUT2D eigenvalue weighted by molar-refractivity contribution is -0.120. The summed E-state index contributed by atoms with van der Waals surface area (Å²) in [6.45, 7) is 4.36. The number of benzene rings is 1. The van der Waals surface area contributed by atoms with E-state index < -0.39 is 0 Å². The second-order valence-electron chi connectivity index (χ2n) is 4.59. The molecule has 1 unspecified atom stereocenters. The number of carbonyl (C=O) groups excluding carboxylic acids is 1. The number of carbonyl (C=O) groups is 1. The lowest BCUT2D eigenvalue weighted by atomic mass is 10.2. The minimum absolute atomic E-state index is 0.203. The van der Waals surface area contributed by atoms with Gasteiger partial charge in [-0.3, -0.25) is 4.79 Å². The molecule has 0 aliphatic heterocycles. The molecule has 1 aromatic carbocycles. The van der Waals surface area contributed by atoms with Gasteiger partial charge in [0.15, 0.2) is 0 Å². The van der Waals surface area contributed by atoms with Crippen LogP contribution in [-0.2, 0) is 4.79 Å². The Morgan fingerprint density at radius 1 is 1.37 bits per heavy atom. The molecular weight excluding hydrogens is 244 g/mol. The lowest BCUT2D eigenvalue weighted by Crippen LogP contribution is -2.45. The van der Waals surface area contributed by atoms with Crippen molar-refractivity contribution in [1.29, 1.82) is 0 Å². The van der Waals surface area contributed by atoms with Gasteiger partial charge in [-0.2, -0.15) is 0 Å². The molecule has 0 spiro atoms. The summed E-state index contributed by atoms with van der Waals surface area (Å²) in [5, 5.41) is 3.11. The summed E-state index contributed by atoms with van der Waals surface area (Å²) in [4.78, 5) is 11.3. The number of hydrogen-bond acceptors (Lipinski definition) is 4. The zero-order chi connectivity index (χ0) is 14.3. The van der Waals surface area contributed by atoms with Gasteiger partial charge >= 0.3 is 0 Å². The third kappa shape index (κ3) is 5.61. The molecule has 0 aliphatic carbocycles. The van der Waals surface area contributed by atoms with Crippen LogP contribution in [0.2, 0.25) is 0 Å². The molecule has 0 bridgehead atoms. The van der Waals surface area contributed by atoms with Gasteiger partial charge in [0.25, 0.3) is 0 Å². The summed E-state index contributed by atoms with van der Waals surface area (Å²) < 4.78 is 10.7. The highest BCUT2D eigenvalue weighted by Crippen LogP contribution is 2.18. The molecule has 106 valence electrons. The van der Waals surface area contributed by atoms with E-state index in [1.165, 1.54) is 0 Å². The van der Waals surface area contributed by atoms with Crippen molar-refractivity contribution in [3.63, 3.8) is 0 Å². The maximum Gasteiger partial charge on any atom is 0.234 e. The van der Waals surface area contributed by atoms with Crippen LogP contribution in [-0.4, -0.2) is 31.7 Å². The molecule has 5 heteroatoms. The van der Waals surface area contributed by atoms with Gasteiger partial charge in [0.05, 0.1) is 19.8 Å². The van der Waals surface area contributed by atoms with Gasteiger partial charge in [-0.1, -0.05) is 19.9 Å². The molecule has 19 heavy (non-hydrogen) atoms. The van der Waals surface area contributed by atoms with Crippen LogP contribution in [0.15, 0.2) is 24.3 Å². The summed E-state index contributed by atoms with van der Waals surface area (Å²) in [7, 11) is 1.61. The molecule has 0 aliphatic rings. The van der Waals surface area contributed by atoms with Crippen LogP contribution in [0.25, 0.3) is 0 Å². The van der Waals surface area contributed by atoms with E-state index in [9.17, 15) is 4.79 Å². The SMILES string of the molecule is COc1cccc(OCCC(NC(C)C)C(N)=O)c1. The number of nitrogens with two attached hydrogens (primary N) is 1. The number of nitrogens with one attached hydrogen (secondary N) is 1. The zero-order valence-electron chi connectivity index (χ0n) is 11.7. The minimum Gasteiger partial charge on any atom is -0.497 e. The smallest absolute Gasteiger partial charge is 0.234 e. The standard InChI is InChI=1S/C14H22N2O3/c1-10(2)16-13(14(15)17)7-8-19-12-6-4-5-11(9-12)18-3/h4-6,9-10,13,16H,7-8H2,1-3H3,(H2,15,17). The summed E-state index contributed by atoms with van der Waals surface area (Å²) in [5.74, 6) is 1.10. The van der Waals surface area contributed by atoms with Gasteiger partial charge < -0.3 is 20.5 Å². The van der Waals surface area contributed by atoms with Crippen molar-refractivity contribution in [2.24, 2.45) is 5.73 Å². The molecule has 5 nitrogen and oxygen atoms in total.